The number of aromatic nitrogens is 1. The predicted octanol–water partition coefficient (Wildman–Crippen LogP) is 4.45. The van der Waals surface area contributed by atoms with Crippen molar-refractivity contribution in [1.29, 1.82) is 0 Å². The molecule has 0 aliphatic heterocycles. The average Bonchev–Trinajstić information content (AvgIpc) is 3.11. The number of aryl methyl sites for hydroxylation is 1. The number of nitrogens with two attached hydrogens (primary N) is 1. The van der Waals surface area contributed by atoms with Gasteiger partial charge in [-0.1, -0.05) is 29.8 Å². The Balaban J connectivity index is 1.36. The molecule has 1 aliphatic carbocycles. The SMILES string of the molecule is NC(=O)c1ccc(Oc2ccc3c(c2)CCC3NCCc2cccc(Cl)c2)nc1. The topological polar surface area (TPSA) is 77.2 Å². The Bertz CT molecular complexity index is 1020. The van der Waals surface area contributed by atoms with Crippen molar-refractivity contribution in [3.63, 3.8) is 0 Å². The predicted molar refractivity (Wildman–Crippen MR) is 113 cm³/mol. The molecular weight excluding hydrogens is 386 g/mol. The molecule has 3 N–H and O–H groups in total. The van der Waals surface area contributed by atoms with Gasteiger partial charge in [-0.05, 0) is 72.8 Å². The molecule has 3 aromatic rings. The summed E-state index contributed by atoms with van der Waals surface area (Å²) in [6, 6.07) is 17.7. The summed E-state index contributed by atoms with van der Waals surface area (Å²) in [6.45, 7) is 0.902. The van der Waals surface area contributed by atoms with E-state index >= 15 is 0 Å². The van der Waals surface area contributed by atoms with Gasteiger partial charge in [-0.2, -0.15) is 0 Å². The molecule has 1 heterocycles. The molecule has 4 rings (SSSR count). The van der Waals surface area contributed by atoms with Crippen LogP contribution in [0.1, 0.15) is 39.5 Å². The van der Waals surface area contributed by atoms with E-state index in [1.807, 2.05) is 24.3 Å². The van der Waals surface area contributed by atoms with Crippen LogP contribution in [0.15, 0.2) is 60.8 Å². The number of hydrogen-bond acceptors (Lipinski definition) is 4. The second-order valence-electron chi connectivity index (χ2n) is 7.14. The van der Waals surface area contributed by atoms with Crippen LogP contribution in [0.5, 0.6) is 11.6 Å². The smallest absolute Gasteiger partial charge is 0.250 e. The third-order valence-electron chi connectivity index (χ3n) is 5.13. The van der Waals surface area contributed by atoms with E-state index in [0.29, 0.717) is 17.5 Å². The number of halogens is 1. The number of hydrogen-bond donors (Lipinski definition) is 2. The largest absolute Gasteiger partial charge is 0.439 e. The minimum Gasteiger partial charge on any atom is -0.439 e. The molecule has 5 nitrogen and oxygen atoms in total. The summed E-state index contributed by atoms with van der Waals surface area (Å²) >= 11 is 6.05. The summed E-state index contributed by atoms with van der Waals surface area (Å²) < 4.78 is 5.83. The van der Waals surface area contributed by atoms with E-state index in [9.17, 15) is 4.79 Å². The van der Waals surface area contributed by atoms with E-state index in [4.69, 9.17) is 22.1 Å². The quantitative estimate of drug-likeness (QED) is 0.606. The minimum absolute atomic E-state index is 0.353. The molecule has 148 valence electrons. The number of nitrogens with zero attached hydrogens (tertiary/aromatic N) is 1. The van der Waals surface area contributed by atoms with Crippen LogP contribution in [0.25, 0.3) is 0 Å². The van der Waals surface area contributed by atoms with E-state index in [1.165, 1.54) is 22.9 Å². The Labute approximate surface area is 174 Å². The maximum atomic E-state index is 11.1. The number of ether oxygens (including phenoxy) is 1. The van der Waals surface area contributed by atoms with Gasteiger partial charge in [0.2, 0.25) is 11.8 Å². The summed E-state index contributed by atoms with van der Waals surface area (Å²) in [4.78, 5) is 15.3. The zero-order valence-electron chi connectivity index (χ0n) is 15.9. The van der Waals surface area contributed by atoms with Crippen molar-refractivity contribution < 1.29 is 9.53 Å². The first kappa shape index (κ1) is 19.4. The van der Waals surface area contributed by atoms with Gasteiger partial charge >= 0.3 is 0 Å². The molecule has 0 radical (unpaired) electrons. The second kappa shape index (κ2) is 8.64. The molecular formula is C23H22ClN3O2. The van der Waals surface area contributed by atoms with Crippen molar-refractivity contribution in [2.45, 2.75) is 25.3 Å². The number of primary amides is 1. The van der Waals surface area contributed by atoms with Crippen LogP contribution in [0, 0.1) is 0 Å². The third-order valence-corrected chi connectivity index (χ3v) is 5.36. The summed E-state index contributed by atoms with van der Waals surface area (Å²) in [5, 5.41) is 4.43. The van der Waals surface area contributed by atoms with Gasteiger partial charge in [-0.3, -0.25) is 4.79 Å². The van der Waals surface area contributed by atoms with Crippen molar-refractivity contribution in [3.05, 3.63) is 88.1 Å². The number of benzene rings is 2. The van der Waals surface area contributed by atoms with Crippen molar-refractivity contribution in [2.24, 2.45) is 5.73 Å². The first-order chi connectivity index (χ1) is 14.1. The molecule has 0 bridgehead atoms. The molecule has 29 heavy (non-hydrogen) atoms. The summed E-state index contributed by atoms with van der Waals surface area (Å²) in [5.41, 5.74) is 9.44. The lowest BCUT2D eigenvalue weighted by molar-refractivity contribution is 0.1000. The highest BCUT2D eigenvalue weighted by Crippen LogP contribution is 2.34. The molecule has 2 aromatic carbocycles. The number of amides is 1. The van der Waals surface area contributed by atoms with Crippen LogP contribution in [-0.4, -0.2) is 17.4 Å². The maximum absolute atomic E-state index is 11.1. The lowest BCUT2D eigenvalue weighted by Crippen LogP contribution is -2.21. The molecule has 1 aliphatic rings. The van der Waals surface area contributed by atoms with E-state index in [0.717, 1.165) is 36.6 Å². The summed E-state index contributed by atoms with van der Waals surface area (Å²) in [5.74, 6) is 0.669. The average molecular weight is 408 g/mol. The zero-order valence-corrected chi connectivity index (χ0v) is 16.7. The molecule has 1 amide bonds. The van der Waals surface area contributed by atoms with Gasteiger partial charge in [-0.15, -0.1) is 0 Å². The van der Waals surface area contributed by atoms with Gasteiger partial charge in [0.15, 0.2) is 0 Å². The Morgan fingerprint density at radius 3 is 2.86 bits per heavy atom. The number of carbonyl (C=O) groups is 1. The van der Waals surface area contributed by atoms with Crippen molar-refractivity contribution >= 4 is 17.5 Å². The Kier molecular flexibility index (Phi) is 5.79. The van der Waals surface area contributed by atoms with Crippen LogP contribution >= 0.6 is 11.6 Å². The van der Waals surface area contributed by atoms with Gasteiger partial charge in [0, 0.05) is 23.3 Å². The number of fused-ring (bicyclic) bond motifs is 1. The molecule has 0 saturated carbocycles. The molecule has 6 heteroatoms. The highest BCUT2D eigenvalue weighted by molar-refractivity contribution is 6.30. The van der Waals surface area contributed by atoms with Crippen LogP contribution in [0.2, 0.25) is 5.02 Å². The van der Waals surface area contributed by atoms with Gasteiger partial charge < -0.3 is 15.8 Å². The zero-order chi connectivity index (χ0) is 20.2. The van der Waals surface area contributed by atoms with Gasteiger partial charge in [0.1, 0.15) is 5.75 Å². The number of carbonyl (C=O) groups excluding carboxylic acids is 1. The highest BCUT2D eigenvalue weighted by atomic mass is 35.5. The van der Waals surface area contributed by atoms with Crippen molar-refractivity contribution in [2.75, 3.05) is 6.54 Å². The Morgan fingerprint density at radius 2 is 2.10 bits per heavy atom. The van der Waals surface area contributed by atoms with Gasteiger partial charge in [0.25, 0.3) is 0 Å². The lowest BCUT2D eigenvalue weighted by atomic mass is 10.1. The highest BCUT2D eigenvalue weighted by Gasteiger charge is 2.22. The first-order valence-electron chi connectivity index (χ1n) is 9.63. The summed E-state index contributed by atoms with van der Waals surface area (Å²) in [6.07, 6.45) is 4.45. The maximum Gasteiger partial charge on any atom is 0.250 e. The third kappa shape index (κ3) is 4.75. The molecule has 1 aromatic heterocycles. The normalized spacial score (nSPS) is 15.1. The van der Waals surface area contributed by atoms with Crippen LogP contribution < -0.4 is 15.8 Å². The van der Waals surface area contributed by atoms with Crippen LogP contribution in [0.3, 0.4) is 0 Å². The fourth-order valence-electron chi connectivity index (χ4n) is 3.66. The molecule has 1 unspecified atom stereocenters. The number of rotatable bonds is 7. The number of nitrogens with one attached hydrogen (secondary N) is 1. The molecule has 0 spiro atoms. The summed E-state index contributed by atoms with van der Waals surface area (Å²) in [7, 11) is 0. The van der Waals surface area contributed by atoms with Gasteiger partial charge in [-0.25, -0.2) is 4.98 Å². The Morgan fingerprint density at radius 1 is 1.21 bits per heavy atom. The minimum atomic E-state index is -0.504. The lowest BCUT2D eigenvalue weighted by Gasteiger charge is -2.15. The standard InChI is InChI=1S/C23H22ClN3O2/c24-18-3-1-2-15(12-18)10-11-26-21-8-4-16-13-19(6-7-20(16)21)29-22-9-5-17(14-27-22)23(25)28/h1-3,5-7,9,12-14,21,26H,4,8,10-11H2,(H2,25,28). The molecule has 0 fully saturated rings. The molecule has 1 atom stereocenters. The fraction of sp³-hybridized carbons (Fsp3) is 0.217. The van der Waals surface area contributed by atoms with E-state index in [-0.39, 0.29) is 0 Å². The Hall–Kier alpha value is -2.89. The van der Waals surface area contributed by atoms with Gasteiger partial charge in [0.05, 0.1) is 5.56 Å². The number of pyridine rings is 1. The van der Waals surface area contributed by atoms with E-state index in [1.54, 1.807) is 12.1 Å². The van der Waals surface area contributed by atoms with E-state index < -0.39 is 5.91 Å². The molecule has 0 saturated heterocycles. The van der Waals surface area contributed by atoms with Crippen LogP contribution in [-0.2, 0) is 12.8 Å². The fourth-order valence-corrected chi connectivity index (χ4v) is 3.87. The monoisotopic (exact) mass is 407 g/mol. The van der Waals surface area contributed by atoms with Crippen molar-refractivity contribution in [3.8, 4) is 11.6 Å². The second-order valence-corrected chi connectivity index (χ2v) is 7.57. The van der Waals surface area contributed by atoms with Crippen molar-refractivity contribution in [1.82, 2.24) is 10.3 Å². The van der Waals surface area contributed by atoms with E-state index in [2.05, 4.69) is 28.5 Å². The van der Waals surface area contributed by atoms with Crippen LogP contribution in [0.4, 0.5) is 0 Å². The first-order valence-corrected chi connectivity index (χ1v) is 10.0.